The van der Waals surface area contributed by atoms with Gasteiger partial charge in [-0.15, -0.1) is 0 Å². The minimum Gasteiger partial charge on any atom is -0.468 e. The van der Waals surface area contributed by atoms with Gasteiger partial charge in [-0.25, -0.2) is 0 Å². The van der Waals surface area contributed by atoms with E-state index in [2.05, 4.69) is 15.2 Å². The van der Waals surface area contributed by atoms with Crippen LogP contribution >= 0.6 is 0 Å². The quantitative estimate of drug-likeness (QED) is 0.824. The lowest BCUT2D eigenvalue weighted by atomic mass is 9.92. The molecule has 100 valence electrons. The van der Waals surface area contributed by atoms with Crippen LogP contribution in [0, 0.1) is 5.41 Å². The maximum Gasteiger partial charge on any atom is 0.327 e. The molecule has 0 atom stereocenters. The summed E-state index contributed by atoms with van der Waals surface area (Å²) in [6, 6.07) is 0. The van der Waals surface area contributed by atoms with Gasteiger partial charge < -0.3 is 10.1 Å². The zero-order valence-corrected chi connectivity index (χ0v) is 11.2. The standard InChI is InChI=1S/C12H19N3O3/c1-12(2,3)5-10(16)14-9-6-13-15(7-9)8-11(17)18-4/h6-7H,5,8H2,1-4H3,(H,14,16). The number of carbonyl (C=O) groups is 2. The number of nitrogens with zero attached hydrogens (tertiary/aromatic N) is 2. The van der Waals surface area contributed by atoms with E-state index < -0.39 is 0 Å². The summed E-state index contributed by atoms with van der Waals surface area (Å²) in [6.07, 6.45) is 3.52. The fourth-order valence-corrected chi connectivity index (χ4v) is 1.40. The number of rotatable bonds is 4. The molecule has 0 unspecified atom stereocenters. The van der Waals surface area contributed by atoms with Gasteiger partial charge in [0.1, 0.15) is 6.54 Å². The van der Waals surface area contributed by atoms with Crippen LogP contribution in [0.1, 0.15) is 27.2 Å². The molecule has 18 heavy (non-hydrogen) atoms. The number of amides is 1. The molecule has 0 spiro atoms. The van der Waals surface area contributed by atoms with E-state index in [9.17, 15) is 9.59 Å². The van der Waals surface area contributed by atoms with Gasteiger partial charge in [-0.3, -0.25) is 14.3 Å². The van der Waals surface area contributed by atoms with E-state index >= 15 is 0 Å². The normalized spacial score (nSPS) is 11.1. The molecular formula is C12H19N3O3. The Morgan fingerprint density at radius 3 is 2.67 bits per heavy atom. The molecule has 0 radical (unpaired) electrons. The summed E-state index contributed by atoms with van der Waals surface area (Å²) in [7, 11) is 1.32. The number of esters is 1. The number of anilines is 1. The Morgan fingerprint density at radius 1 is 1.44 bits per heavy atom. The first-order valence-corrected chi connectivity index (χ1v) is 5.69. The predicted molar refractivity (Wildman–Crippen MR) is 66.9 cm³/mol. The monoisotopic (exact) mass is 253 g/mol. The third kappa shape index (κ3) is 4.99. The number of aromatic nitrogens is 2. The van der Waals surface area contributed by atoms with Crippen LogP contribution in [-0.2, 0) is 20.9 Å². The maximum atomic E-state index is 11.7. The molecule has 1 rings (SSSR count). The van der Waals surface area contributed by atoms with Crippen molar-refractivity contribution in [3.05, 3.63) is 12.4 Å². The SMILES string of the molecule is COC(=O)Cn1cc(NC(=O)CC(C)(C)C)cn1. The summed E-state index contributed by atoms with van der Waals surface area (Å²) in [6.45, 7) is 6.01. The molecule has 1 N–H and O–H groups in total. The van der Waals surface area contributed by atoms with Crippen LogP contribution in [0.15, 0.2) is 12.4 Å². The van der Waals surface area contributed by atoms with E-state index in [1.165, 1.54) is 18.0 Å². The summed E-state index contributed by atoms with van der Waals surface area (Å²) in [4.78, 5) is 22.7. The van der Waals surface area contributed by atoms with Gasteiger partial charge in [0.15, 0.2) is 0 Å². The Balaban J connectivity index is 2.54. The van der Waals surface area contributed by atoms with Crippen molar-refractivity contribution in [2.75, 3.05) is 12.4 Å². The molecule has 6 heteroatoms. The molecular weight excluding hydrogens is 234 g/mol. The average Bonchev–Trinajstić information content (AvgIpc) is 2.62. The fraction of sp³-hybridized carbons (Fsp3) is 0.583. The largest absolute Gasteiger partial charge is 0.468 e. The number of hydrogen-bond donors (Lipinski definition) is 1. The average molecular weight is 253 g/mol. The molecule has 0 aliphatic heterocycles. The van der Waals surface area contributed by atoms with Crippen LogP contribution in [0.4, 0.5) is 5.69 Å². The molecule has 0 saturated heterocycles. The number of carbonyl (C=O) groups excluding carboxylic acids is 2. The summed E-state index contributed by atoms with van der Waals surface area (Å²) in [5, 5.41) is 6.69. The highest BCUT2D eigenvalue weighted by Gasteiger charge is 2.16. The van der Waals surface area contributed by atoms with Crippen molar-refractivity contribution < 1.29 is 14.3 Å². The summed E-state index contributed by atoms with van der Waals surface area (Å²) in [5.41, 5.74) is 0.514. The fourth-order valence-electron chi connectivity index (χ4n) is 1.40. The van der Waals surface area contributed by atoms with Crippen LogP contribution in [0.2, 0.25) is 0 Å². The van der Waals surface area contributed by atoms with Gasteiger partial charge in [-0.1, -0.05) is 20.8 Å². The second-order valence-electron chi connectivity index (χ2n) is 5.29. The lowest BCUT2D eigenvalue weighted by molar-refractivity contribution is -0.141. The Bertz CT molecular complexity index is 432. The Labute approximate surface area is 106 Å². The molecule has 0 fully saturated rings. The van der Waals surface area contributed by atoms with E-state index in [1.54, 1.807) is 6.20 Å². The van der Waals surface area contributed by atoms with Gasteiger partial charge in [-0.05, 0) is 5.41 Å². The van der Waals surface area contributed by atoms with Gasteiger partial charge in [0.25, 0.3) is 0 Å². The van der Waals surface area contributed by atoms with Crippen molar-refractivity contribution in [1.82, 2.24) is 9.78 Å². The molecule has 1 amide bonds. The van der Waals surface area contributed by atoms with Crippen molar-refractivity contribution in [3.63, 3.8) is 0 Å². The predicted octanol–water partition coefficient (Wildman–Crippen LogP) is 1.43. The molecule has 0 bridgehead atoms. The first-order valence-electron chi connectivity index (χ1n) is 5.69. The Hall–Kier alpha value is -1.85. The van der Waals surface area contributed by atoms with Crippen LogP contribution in [0.5, 0.6) is 0 Å². The van der Waals surface area contributed by atoms with Gasteiger partial charge in [0, 0.05) is 12.6 Å². The van der Waals surface area contributed by atoms with E-state index in [0.29, 0.717) is 12.1 Å². The third-order valence-corrected chi connectivity index (χ3v) is 2.13. The van der Waals surface area contributed by atoms with E-state index in [4.69, 9.17) is 0 Å². The van der Waals surface area contributed by atoms with Crippen molar-refractivity contribution >= 4 is 17.6 Å². The number of hydrogen-bond acceptors (Lipinski definition) is 4. The molecule has 1 heterocycles. The first kappa shape index (κ1) is 14.2. The topological polar surface area (TPSA) is 73.2 Å². The third-order valence-electron chi connectivity index (χ3n) is 2.13. The zero-order valence-electron chi connectivity index (χ0n) is 11.2. The minimum absolute atomic E-state index is 0.0334. The summed E-state index contributed by atoms with van der Waals surface area (Å²) >= 11 is 0. The van der Waals surface area contributed by atoms with E-state index in [0.717, 1.165) is 0 Å². The van der Waals surface area contributed by atoms with Gasteiger partial charge >= 0.3 is 5.97 Å². The first-order chi connectivity index (χ1) is 8.30. The number of ether oxygens (including phenoxy) is 1. The minimum atomic E-state index is -0.384. The van der Waals surface area contributed by atoms with Crippen LogP contribution < -0.4 is 5.32 Å². The highest BCUT2D eigenvalue weighted by atomic mass is 16.5. The van der Waals surface area contributed by atoms with Crippen LogP contribution in [-0.4, -0.2) is 28.8 Å². The molecule has 6 nitrogen and oxygen atoms in total. The van der Waals surface area contributed by atoms with Crippen molar-refractivity contribution in [1.29, 1.82) is 0 Å². The summed E-state index contributed by atoms with van der Waals surface area (Å²) < 4.78 is 5.94. The van der Waals surface area contributed by atoms with Gasteiger partial charge in [0.2, 0.25) is 5.91 Å². The molecule has 1 aromatic rings. The smallest absolute Gasteiger partial charge is 0.327 e. The highest BCUT2D eigenvalue weighted by molar-refractivity contribution is 5.90. The molecule has 0 aromatic carbocycles. The second-order valence-corrected chi connectivity index (χ2v) is 5.29. The molecule has 0 aliphatic carbocycles. The Kier molecular flexibility index (Phi) is 4.47. The van der Waals surface area contributed by atoms with Crippen molar-refractivity contribution in [2.24, 2.45) is 5.41 Å². The zero-order chi connectivity index (χ0) is 13.8. The van der Waals surface area contributed by atoms with E-state index in [1.807, 2.05) is 20.8 Å². The number of methoxy groups -OCH3 is 1. The number of nitrogens with one attached hydrogen (secondary N) is 1. The maximum absolute atomic E-state index is 11.7. The van der Waals surface area contributed by atoms with Crippen LogP contribution in [0.3, 0.4) is 0 Å². The van der Waals surface area contributed by atoms with Crippen molar-refractivity contribution in [2.45, 2.75) is 33.7 Å². The van der Waals surface area contributed by atoms with Gasteiger partial charge in [0.05, 0.1) is 19.0 Å². The lowest BCUT2D eigenvalue weighted by Gasteiger charge is -2.16. The molecule has 1 aromatic heterocycles. The molecule has 0 aliphatic rings. The summed E-state index contributed by atoms with van der Waals surface area (Å²) in [5.74, 6) is -0.453. The second kappa shape index (κ2) is 5.66. The lowest BCUT2D eigenvalue weighted by Crippen LogP contribution is -2.19. The van der Waals surface area contributed by atoms with Crippen LogP contribution in [0.25, 0.3) is 0 Å². The molecule has 0 saturated carbocycles. The van der Waals surface area contributed by atoms with Crippen molar-refractivity contribution in [3.8, 4) is 0 Å². The van der Waals surface area contributed by atoms with Gasteiger partial charge in [-0.2, -0.15) is 5.10 Å². The van der Waals surface area contributed by atoms with E-state index in [-0.39, 0.29) is 23.8 Å². The Morgan fingerprint density at radius 2 is 2.11 bits per heavy atom. The highest BCUT2D eigenvalue weighted by Crippen LogP contribution is 2.19.